The molecule has 0 heterocycles. The number of carbonyl (C=O) groups excluding carboxylic acids is 1. The second kappa shape index (κ2) is 9.40. The van der Waals surface area contributed by atoms with Crippen LogP contribution >= 0.6 is 0 Å². The molecule has 0 aliphatic rings. The zero-order chi connectivity index (χ0) is 20.7. The lowest BCUT2D eigenvalue weighted by Crippen LogP contribution is -2.44. The van der Waals surface area contributed by atoms with Gasteiger partial charge in [-0.25, -0.2) is 9.59 Å². The maximum atomic E-state index is 11.9. The highest BCUT2D eigenvalue weighted by Gasteiger charge is 2.24. The number of aryl methyl sites for hydroxylation is 1. The second-order valence-corrected chi connectivity index (χ2v) is 7.89. The molecule has 0 aliphatic carbocycles. The largest absolute Gasteiger partial charge is 0.480 e. The maximum Gasteiger partial charge on any atom is 0.408 e. The van der Waals surface area contributed by atoms with Crippen LogP contribution < -0.4 is 5.32 Å². The Morgan fingerprint density at radius 1 is 1.04 bits per heavy atom. The molecule has 0 saturated carbocycles. The van der Waals surface area contributed by atoms with Gasteiger partial charge < -0.3 is 15.2 Å². The molecule has 1 unspecified atom stereocenters. The first-order valence-electron chi connectivity index (χ1n) is 9.58. The van der Waals surface area contributed by atoms with Gasteiger partial charge in [0.1, 0.15) is 11.6 Å². The van der Waals surface area contributed by atoms with Crippen molar-refractivity contribution in [2.24, 2.45) is 0 Å². The Labute approximate surface area is 166 Å². The van der Waals surface area contributed by atoms with Crippen molar-refractivity contribution in [1.29, 1.82) is 0 Å². The smallest absolute Gasteiger partial charge is 0.408 e. The van der Waals surface area contributed by atoms with Gasteiger partial charge in [0.05, 0.1) is 0 Å². The highest BCUT2D eigenvalue weighted by molar-refractivity contribution is 5.80. The van der Waals surface area contributed by atoms with E-state index >= 15 is 0 Å². The molecule has 2 aromatic rings. The van der Waals surface area contributed by atoms with Crippen LogP contribution in [0.25, 0.3) is 11.1 Å². The fourth-order valence-corrected chi connectivity index (χ4v) is 2.92. The third-order valence-electron chi connectivity index (χ3n) is 4.18. The Kier molecular flexibility index (Phi) is 7.21. The van der Waals surface area contributed by atoms with Crippen molar-refractivity contribution in [3.63, 3.8) is 0 Å². The number of carboxylic acid groups (broad SMARTS) is 1. The highest BCUT2D eigenvalue weighted by atomic mass is 16.6. The molecule has 2 N–H and O–H groups in total. The van der Waals surface area contributed by atoms with Crippen LogP contribution in [0.2, 0.25) is 0 Å². The standard InChI is InChI=1S/C23H29NO4/c1-5-7-16-10-12-18(13-11-16)19-9-6-8-17(14-19)15-20(21(25)26)24-22(27)28-23(2,3)4/h6,8-14,20H,5,7,15H2,1-4H3,(H,24,27)(H,25,26). The van der Waals surface area contributed by atoms with Crippen molar-refractivity contribution in [2.75, 3.05) is 0 Å². The fraction of sp³-hybridized carbons (Fsp3) is 0.391. The number of aliphatic carboxylic acids is 1. The Balaban J connectivity index is 2.12. The van der Waals surface area contributed by atoms with E-state index in [0.717, 1.165) is 29.5 Å². The first kappa shape index (κ1) is 21.5. The second-order valence-electron chi connectivity index (χ2n) is 7.89. The lowest BCUT2D eigenvalue weighted by atomic mass is 9.98. The van der Waals surface area contributed by atoms with E-state index in [2.05, 4.69) is 36.5 Å². The van der Waals surface area contributed by atoms with Crippen LogP contribution in [0, 0.1) is 0 Å². The molecule has 0 fully saturated rings. The molecule has 2 aromatic carbocycles. The molecule has 0 aliphatic heterocycles. The Hall–Kier alpha value is -2.82. The monoisotopic (exact) mass is 383 g/mol. The Morgan fingerprint density at radius 3 is 2.29 bits per heavy atom. The minimum absolute atomic E-state index is 0.177. The number of carbonyl (C=O) groups is 2. The van der Waals surface area contributed by atoms with E-state index in [0.29, 0.717) is 0 Å². The molecule has 150 valence electrons. The number of nitrogens with one attached hydrogen (secondary N) is 1. The SMILES string of the molecule is CCCc1ccc(-c2cccc(CC(NC(=O)OC(C)(C)C)C(=O)O)c2)cc1. The Bertz CT molecular complexity index is 806. The van der Waals surface area contributed by atoms with Crippen LogP contribution in [0.15, 0.2) is 48.5 Å². The van der Waals surface area contributed by atoms with Crippen LogP contribution in [0.3, 0.4) is 0 Å². The van der Waals surface area contributed by atoms with Crippen molar-refractivity contribution in [1.82, 2.24) is 5.32 Å². The van der Waals surface area contributed by atoms with Gasteiger partial charge in [-0.2, -0.15) is 0 Å². The molecular formula is C23H29NO4. The quantitative estimate of drug-likeness (QED) is 0.718. The molecule has 1 amide bonds. The van der Waals surface area contributed by atoms with Crippen LogP contribution in [-0.4, -0.2) is 28.8 Å². The number of alkyl carbamates (subject to hydrolysis) is 1. The van der Waals surface area contributed by atoms with Gasteiger partial charge in [-0.3, -0.25) is 0 Å². The summed E-state index contributed by atoms with van der Waals surface area (Å²) in [4.78, 5) is 23.5. The number of ether oxygens (including phenoxy) is 1. The van der Waals surface area contributed by atoms with Gasteiger partial charge in [-0.15, -0.1) is 0 Å². The summed E-state index contributed by atoms with van der Waals surface area (Å²) in [6.07, 6.45) is 1.60. The lowest BCUT2D eigenvalue weighted by Gasteiger charge is -2.22. The molecule has 0 bridgehead atoms. The van der Waals surface area contributed by atoms with E-state index in [1.54, 1.807) is 20.8 Å². The van der Waals surface area contributed by atoms with Gasteiger partial charge in [0.2, 0.25) is 0 Å². The molecule has 5 nitrogen and oxygen atoms in total. The van der Waals surface area contributed by atoms with Gasteiger partial charge in [-0.1, -0.05) is 61.9 Å². The normalized spacial score (nSPS) is 12.3. The molecule has 2 rings (SSSR count). The molecule has 0 aromatic heterocycles. The average Bonchev–Trinajstić information content (AvgIpc) is 2.60. The molecule has 1 atom stereocenters. The van der Waals surface area contributed by atoms with Gasteiger partial charge in [0.15, 0.2) is 0 Å². The summed E-state index contributed by atoms with van der Waals surface area (Å²) in [7, 11) is 0. The molecule has 28 heavy (non-hydrogen) atoms. The van der Waals surface area contributed by atoms with E-state index < -0.39 is 23.7 Å². The molecular weight excluding hydrogens is 354 g/mol. The van der Waals surface area contributed by atoms with Gasteiger partial charge in [0, 0.05) is 6.42 Å². The molecule has 5 heteroatoms. The molecule has 0 saturated heterocycles. The van der Waals surface area contributed by atoms with Gasteiger partial charge >= 0.3 is 12.1 Å². The van der Waals surface area contributed by atoms with E-state index in [1.807, 2.05) is 24.3 Å². The maximum absolute atomic E-state index is 11.9. The zero-order valence-electron chi connectivity index (χ0n) is 17.0. The predicted octanol–water partition coefficient (Wildman–Crippen LogP) is 4.83. The summed E-state index contributed by atoms with van der Waals surface area (Å²) < 4.78 is 5.17. The third-order valence-corrected chi connectivity index (χ3v) is 4.18. The minimum atomic E-state index is -1.10. The van der Waals surface area contributed by atoms with Crippen molar-refractivity contribution in [3.05, 3.63) is 59.7 Å². The number of benzene rings is 2. The van der Waals surface area contributed by atoms with Gasteiger partial charge in [0.25, 0.3) is 0 Å². The fourth-order valence-electron chi connectivity index (χ4n) is 2.92. The van der Waals surface area contributed by atoms with Crippen LogP contribution in [0.5, 0.6) is 0 Å². The zero-order valence-corrected chi connectivity index (χ0v) is 17.0. The molecule has 0 radical (unpaired) electrons. The first-order chi connectivity index (χ1) is 13.2. The summed E-state index contributed by atoms with van der Waals surface area (Å²) in [5.74, 6) is -1.10. The number of amides is 1. The average molecular weight is 383 g/mol. The number of hydrogen-bond acceptors (Lipinski definition) is 3. The van der Waals surface area contributed by atoms with Crippen molar-refractivity contribution in [3.8, 4) is 11.1 Å². The first-order valence-corrected chi connectivity index (χ1v) is 9.58. The van der Waals surface area contributed by atoms with Crippen LogP contribution in [0.4, 0.5) is 4.79 Å². The topological polar surface area (TPSA) is 75.6 Å². The van der Waals surface area contributed by atoms with Crippen molar-refractivity contribution >= 4 is 12.1 Å². The summed E-state index contributed by atoms with van der Waals surface area (Å²) in [5, 5.41) is 11.9. The lowest BCUT2D eigenvalue weighted by molar-refractivity contribution is -0.139. The number of carboxylic acids is 1. The number of rotatable bonds is 7. The summed E-state index contributed by atoms with van der Waals surface area (Å²) in [6.45, 7) is 7.36. The van der Waals surface area contributed by atoms with Crippen molar-refractivity contribution in [2.45, 2.75) is 58.6 Å². The highest BCUT2D eigenvalue weighted by Crippen LogP contribution is 2.22. The third kappa shape index (κ3) is 6.72. The summed E-state index contributed by atoms with van der Waals surface area (Å²) >= 11 is 0. The van der Waals surface area contributed by atoms with Crippen LogP contribution in [-0.2, 0) is 22.4 Å². The predicted molar refractivity (Wildman–Crippen MR) is 110 cm³/mol. The van der Waals surface area contributed by atoms with Crippen molar-refractivity contribution < 1.29 is 19.4 Å². The van der Waals surface area contributed by atoms with E-state index in [4.69, 9.17) is 4.74 Å². The minimum Gasteiger partial charge on any atom is -0.480 e. The molecule has 0 spiro atoms. The summed E-state index contributed by atoms with van der Waals surface area (Å²) in [6, 6.07) is 15.1. The summed E-state index contributed by atoms with van der Waals surface area (Å²) in [5.41, 5.74) is 3.54. The van der Waals surface area contributed by atoms with Gasteiger partial charge in [-0.05, 0) is 49.4 Å². The number of hydrogen-bond donors (Lipinski definition) is 2. The van der Waals surface area contributed by atoms with E-state index in [9.17, 15) is 14.7 Å². The Morgan fingerprint density at radius 2 is 1.71 bits per heavy atom. The van der Waals surface area contributed by atoms with E-state index in [1.165, 1.54) is 5.56 Å². The van der Waals surface area contributed by atoms with Crippen LogP contribution in [0.1, 0.15) is 45.2 Å². The van der Waals surface area contributed by atoms with E-state index in [-0.39, 0.29) is 6.42 Å².